The number of rotatable bonds is 46. The Balaban J connectivity index is 2.20. The molecule has 1 amide bonds. The number of carbonyl (C=O) groups is 1. The van der Waals surface area contributed by atoms with Gasteiger partial charge < -0.3 is 40.3 Å². The SMILES string of the molecule is CC/C=C\C/C=C\C/C=C\C/C=C\CCCCCCCCCCCCCCCCCCC(=O)NC(COC1OC(CO)C(O)C(O)C1O)C(O)/C=C/CC/C=C/CCCCCCCCCCC. The van der Waals surface area contributed by atoms with E-state index in [0.29, 0.717) is 6.42 Å². The highest BCUT2D eigenvalue weighted by Crippen LogP contribution is 2.23. The van der Waals surface area contributed by atoms with Gasteiger partial charge >= 0.3 is 0 Å². The highest BCUT2D eigenvalue weighted by molar-refractivity contribution is 5.76. The van der Waals surface area contributed by atoms with Gasteiger partial charge in [-0.2, -0.15) is 0 Å². The van der Waals surface area contributed by atoms with E-state index in [1.54, 1.807) is 6.08 Å². The molecule has 0 radical (unpaired) electrons. The molecular formula is C58H103NO8. The van der Waals surface area contributed by atoms with E-state index in [2.05, 4.69) is 79.9 Å². The number of amides is 1. The topological polar surface area (TPSA) is 149 Å². The van der Waals surface area contributed by atoms with Crippen LogP contribution in [-0.2, 0) is 14.3 Å². The van der Waals surface area contributed by atoms with E-state index >= 15 is 0 Å². The van der Waals surface area contributed by atoms with Crippen molar-refractivity contribution in [1.29, 1.82) is 0 Å². The smallest absolute Gasteiger partial charge is 0.220 e. The summed E-state index contributed by atoms with van der Waals surface area (Å²) in [6.07, 6.45) is 58.2. The number of allylic oxidation sites excluding steroid dienone is 11. The first kappa shape index (κ1) is 62.6. The second-order valence-electron chi connectivity index (χ2n) is 19.0. The average Bonchev–Trinajstić information content (AvgIpc) is 3.33. The highest BCUT2D eigenvalue weighted by atomic mass is 16.7. The Labute approximate surface area is 410 Å². The lowest BCUT2D eigenvalue weighted by atomic mass is 9.99. The van der Waals surface area contributed by atoms with Crippen LogP contribution in [0.25, 0.3) is 0 Å². The Kier molecular flexibility index (Phi) is 44.2. The van der Waals surface area contributed by atoms with Crippen LogP contribution in [0.4, 0.5) is 0 Å². The molecule has 67 heavy (non-hydrogen) atoms. The van der Waals surface area contributed by atoms with Crippen molar-refractivity contribution < 1.29 is 39.8 Å². The van der Waals surface area contributed by atoms with Crippen LogP contribution in [0.3, 0.4) is 0 Å². The van der Waals surface area contributed by atoms with E-state index in [1.165, 1.54) is 148 Å². The molecule has 1 saturated heterocycles. The van der Waals surface area contributed by atoms with Crippen molar-refractivity contribution in [3.8, 4) is 0 Å². The lowest BCUT2D eigenvalue weighted by Crippen LogP contribution is -2.60. The fourth-order valence-electron chi connectivity index (χ4n) is 8.40. The monoisotopic (exact) mass is 942 g/mol. The molecule has 7 unspecified atom stereocenters. The lowest BCUT2D eigenvalue weighted by molar-refractivity contribution is -0.302. The number of unbranched alkanes of at least 4 members (excludes halogenated alkanes) is 26. The normalized spacial score (nSPS) is 20.3. The molecule has 9 heteroatoms. The molecule has 0 spiro atoms. The third-order valence-corrected chi connectivity index (χ3v) is 12.8. The molecule has 1 aliphatic rings. The molecule has 6 N–H and O–H groups in total. The van der Waals surface area contributed by atoms with Crippen LogP contribution in [0.1, 0.15) is 232 Å². The molecule has 0 aromatic heterocycles. The Morgan fingerprint density at radius 3 is 1.43 bits per heavy atom. The maximum absolute atomic E-state index is 13.0. The van der Waals surface area contributed by atoms with Crippen molar-refractivity contribution in [3.05, 3.63) is 72.9 Å². The first-order chi connectivity index (χ1) is 32.8. The van der Waals surface area contributed by atoms with E-state index in [4.69, 9.17) is 9.47 Å². The summed E-state index contributed by atoms with van der Waals surface area (Å²) in [5.74, 6) is -0.188. The van der Waals surface area contributed by atoms with Crippen LogP contribution >= 0.6 is 0 Å². The van der Waals surface area contributed by atoms with Crippen molar-refractivity contribution >= 4 is 5.91 Å². The Bertz CT molecular complexity index is 1280. The predicted molar refractivity (Wildman–Crippen MR) is 281 cm³/mol. The van der Waals surface area contributed by atoms with Crippen molar-refractivity contribution in [1.82, 2.24) is 5.32 Å². The van der Waals surface area contributed by atoms with E-state index in [9.17, 15) is 30.3 Å². The van der Waals surface area contributed by atoms with Crippen LogP contribution < -0.4 is 5.32 Å². The molecule has 9 nitrogen and oxygen atoms in total. The quantitative estimate of drug-likeness (QED) is 0.0261. The summed E-state index contributed by atoms with van der Waals surface area (Å²) in [7, 11) is 0. The van der Waals surface area contributed by atoms with Gasteiger partial charge in [0.05, 0.1) is 25.4 Å². The molecule has 0 saturated carbocycles. The number of aliphatic hydroxyl groups excluding tert-OH is 5. The zero-order valence-electron chi connectivity index (χ0n) is 42.9. The summed E-state index contributed by atoms with van der Waals surface area (Å²) in [6.45, 7) is 3.65. The zero-order chi connectivity index (χ0) is 48.7. The lowest BCUT2D eigenvalue weighted by Gasteiger charge is -2.40. The molecule has 1 aliphatic heterocycles. The molecule has 0 aromatic carbocycles. The maximum atomic E-state index is 13.0. The van der Waals surface area contributed by atoms with Crippen LogP contribution in [0.2, 0.25) is 0 Å². The van der Waals surface area contributed by atoms with Gasteiger partial charge in [0, 0.05) is 6.42 Å². The summed E-state index contributed by atoms with van der Waals surface area (Å²) < 4.78 is 11.2. The number of carbonyl (C=O) groups excluding carboxylic acids is 1. The first-order valence-electron chi connectivity index (χ1n) is 27.7. The largest absolute Gasteiger partial charge is 0.394 e. The Morgan fingerprint density at radius 2 is 0.940 bits per heavy atom. The molecule has 7 atom stereocenters. The van der Waals surface area contributed by atoms with Crippen molar-refractivity contribution in [2.75, 3.05) is 13.2 Å². The fraction of sp³-hybridized carbons (Fsp3) is 0.776. The minimum atomic E-state index is -1.57. The number of ether oxygens (including phenoxy) is 2. The molecule has 0 bridgehead atoms. The second-order valence-corrected chi connectivity index (χ2v) is 19.0. The van der Waals surface area contributed by atoms with E-state index < -0.39 is 49.5 Å². The van der Waals surface area contributed by atoms with Gasteiger partial charge in [-0.1, -0.05) is 228 Å². The van der Waals surface area contributed by atoms with Crippen LogP contribution in [-0.4, -0.2) is 87.5 Å². The van der Waals surface area contributed by atoms with Gasteiger partial charge in [0.1, 0.15) is 24.4 Å². The minimum Gasteiger partial charge on any atom is -0.394 e. The summed E-state index contributed by atoms with van der Waals surface area (Å²) in [5, 5.41) is 54.4. The third-order valence-electron chi connectivity index (χ3n) is 12.8. The van der Waals surface area contributed by atoms with E-state index in [-0.39, 0.29) is 12.5 Å². The molecule has 1 rings (SSSR count). The van der Waals surface area contributed by atoms with Crippen LogP contribution in [0, 0.1) is 0 Å². The molecule has 388 valence electrons. The molecule has 0 aliphatic carbocycles. The van der Waals surface area contributed by atoms with Gasteiger partial charge in [-0.25, -0.2) is 0 Å². The van der Waals surface area contributed by atoms with Gasteiger partial charge in [0.25, 0.3) is 0 Å². The van der Waals surface area contributed by atoms with Gasteiger partial charge in [0.15, 0.2) is 6.29 Å². The van der Waals surface area contributed by atoms with E-state index in [0.717, 1.165) is 64.2 Å². The summed E-state index contributed by atoms with van der Waals surface area (Å²) >= 11 is 0. The van der Waals surface area contributed by atoms with Gasteiger partial charge in [-0.05, 0) is 70.6 Å². The number of aliphatic hydroxyl groups is 5. The second kappa shape index (κ2) is 47.3. The molecule has 1 fully saturated rings. The summed E-state index contributed by atoms with van der Waals surface area (Å²) in [4.78, 5) is 13.0. The zero-order valence-corrected chi connectivity index (χ0v) is 42.9. The van der Waals surface area contributed by atoms with Crippen LogP contribution in [0.5, 0.6) is 0 Å². The molecular weight excluding hydrogens is 839 g/mol. The van der Waals surface area contributed by atoms with E-state index in [1.807, 2.05) is 6.08 Å². The third kappa shape index (κ3) is 37.2. The Morgan fingerprint density at radius 1 is 0.522 bits per heavy atom. The fourth-order valence-corrected chi connectivity index (χ4v) is 8.40. The first-order valence-corrected chi connectivity index (χ1v) is 27.7. The molecule has 0 aromatic rings. The van der Waals surface area contributed by atoms with Crippen molar-refractivity contribution in [2.24, 2.45) is 0 Å². The summed E-state index contributed by atoms with van der Waals surface area (Å²) in [5.41, 5.74) is 0. The van der Waals surface area contributed by atoms with Crippen LogP contribution in [0.15, 0.2) is 72.9 Å². The number of nitrogens with one attached hydrogen (secondary N) is 1. The highest BCUT2D eigenvalue weighted by Gasteiger charge is 2.44. The standard InChI is InChI=1S/C58H103NO8/c1-3-5-7-9-11-13-15-17-19-20-21-22-23-24-25-26-27-28-29-30-31-32-34-36-38-40-42-44-46-48-54(62)59-51(50-66-58-57(65)56(64)55(63)53(49-60)67-58)52(61)47-45-43-41-39-37-35-33-18-16-14-12-10-8-6-4-2/h5,7,11,13,17,19,21-22,37,39,45,47,51-53,55-58,60-61,63-65H,3-4,6,8-10,12,14-16,18,20,23-36,38,40-44,46,48-50H2,1-2H3,(H,59,62)/b7-5-,13-11-,19-17-,22-21-,39-37+,47-45+. The Hall–Kier alpha value is -2.37. The predicted octanol–water partition coefficient (Wildman–Crippen LogP) is 13.3. The maximum Gasteiger partial charge on any atom is 0.220 e. The average molecular weight is 942 g/mol. The minimum absolute atomic E-state index is 0.188. The van der Waals surface area contributed by atoms with Gasteiger partial charge in [-0.3, -0.25) is 4.79 Å². The summed E-state index contributed by atoms with van der Waals surface area (Å²) in [6, 6.07) is -0.823. The van der Waals surface area contributed by atoms with Gasteiger partial charge in [-0.15, -0.1) is 0 Å². The van der Waals surface area contributed by atoms with Crippen molar-refractivity contribution in [2.45, 2.75) is 275 Å². The van der Waals surface area contributed by atoms with Gasteiger partial charge in [0.2, 0.25) is 5.91 Å². The number of hydrogen-bond acceptors (Lipinski definition) is 8. The van der Waals surface area contributed by atoms with Crippen molar-refractivity contribution in [3.63, 3.8) is 0 Å². The molecule has 1 heterocycles. The number of hydrogen-bond donors (Lipinski definition) is 6.